The first-order valence-corrected chi connectivity index (χ1v) is 6.03. The molecular weight excluding hydrogens is 206 g/mol. The standard InChI is InChI=1S/C7H5NOS.C5H12/c9-7-8-5-3-1-2-4-6(5)10-7;1-4-5(2)3/h1-4H,(H,8,9);5H,4H2,1-3H3. The number of rotatable bonds is 1. The van der Waals surface area contributed by atoms with Crippen molar-refractivity contribution >= 4 is 21.6 Å². The number of benzene rings is 1. The van der Waals surface area contributed by atoms with Crippen LogP contribution in [-0.4, -0.2) is 4.98 Å². The van der Waals surface area contributed by atoms with Crippen molar-refractivity contribution < 1.29 is 0 Å². The Balaban J connectivity index is 0.000000195. The minimum atomic E-state index is 0.0150. The Labute approximate surface area is 94.0 Å². The fourth-order valence-electron chi connectivity index (χ4n) is 0.894. The van der Waals surface area contributed by atoms with Gasteiger partial charge in [-0.05, 0) is 18.1 Å². The molecule has 0 aliphatic heterocycles. The smallest absolute Gasteiger partial charge is 0.305 e. The zero-order valence-corrected chi connectivity index (χ0v) is 10.2. The number of hydrogen-bond acceptors (Lipinski definition) is 2. The van der Waals surface area contributed by atoms with Gasteiger partial charge in [0.2, 0.25) is 0 Å². The first kappa shape index (κ1) is 12.0. The van der Waals surface area contributed by atoms with Gasteiger partial charge in [-0.25, -0.2) is 0 Å². The Hall–Kier alpha value is -1.09. The minimum Gasteiger partial charge on any atom is -0.312 e. The number of para-hydroxylation sites is 1. The summed E-state index contributed by atoms with van der Waals surface area (Å²) in [5, 5.41) is 0. The molecular formula is C12H17NOS. The molecule has 0 atom stereocenters. The van der Waals surface area contributed by atoms with Crippen LogP contribution in [0.15, 0.2) is 29.1 Å². The van der Waals surface area contributed by atoms with Gasteiger partial charge < -0.3 is 4.98 Å². The van der Waals surface area contributed by atoms with E-state index in [2.05, 4.69) is 25.8 Å². The van der Waals surface area contributed by atoms with Gasteiger partial charge in [0.25, 0.3) is 0 Å². The molecule has 1 heterocycles. The summed E-state index contributed by atoms with van der Waals surface area (Å²) in [6.45, 7) is 6.64. The number of nitrogens with one attached hydrogen (secondary N) is 1. The van der Waals surface area contributed by atoms with E-state index in [4.69, 9.17) is 0 Å². The van der Waals surface area contributed by atoms with Gasteiger partial charge in [0.05, 0.1) is 10.2 Å². The van der Waals surface area contributed by atoms with E-state index in [1.165, 1.54) is 17.8 Å². The van der Waals surface area contributed by atoms with Gasteiger partial charge in [-0.1, -0.05) is 50.7 Å². The second kappa shape index (κ2) is 5.71. The zero-order chi connectivity index (χ0) is 11.3. The van der Waals surface area contributed by atoms with Crippen molar-refractivity contribution in [3.05, 3.63) is 33.9 Å². The highest BCUT2D eigenvalue weighted by Gasteiger charge is 1.93. The van der Waals surface area contributed by atoms with Crippen LogP contribution in [0.3, 0.4) is 0 Å². The molecule has 0 bridgehead atoms. The van der Waals surface area contributed by atoms with Crippen molar-refractivity contribution in [3.63, 3.8) is 0 Å². The summed E-state index contributed by atoms with van der Waals surface area (Å²) in [6.07, 6.45) is 1.31. The van der Waals surface area contributed by atoms with Gasteiger partial charge in [-0.15, -0.1) is 0 Å². The number of hydrogen-bond donors (Lipinski definition) is 1. The Bertz CT molecular complexity index is 420. The summed E-state index contributed by atoms with van der Waals surface area (Å²) in [4.78, 5) is 13.5. The first-order chi connectivity index (χ1) is 7.13. The summed E-state index contributed by atoms with van der Waals surface area (Å²) in [5.74, 6) is 0.884. The maximum atomic E-state index is 10.8. The summed E-state index contributed by atoms with van der Waals surface area (Å²) < 4.78 is 1.02. The molecule has 0 fully saturated rings. The molecule has 1 aromatic heterocycles. The number of thiazole rings is 1. The van der Waals surface area contributed by atoms with Crippen LogP contribution in [0.1, 0.15) is 27.2 Å². The Kier molecular flexibility index (Phi) is 4.56. The van der Waals surface area contributed by atoms with Crippen molar-refractivity contribution in [2.24, 2.45) is 5.92 Å². The molecule has 0 radical (unpaired) electrons. The molecule has 2 nitrogen and oxygen atoms in total. The van der Waals surface area contributed by atoms with Gasteiger partial charge in [-0.2, -0.15) is 0 Å². The maximum absolute atomic E-state index is 10.8. The van der Waals surface area contributed by atoms with Crippen molar-refractivity contribution in [2.45, 2.75) is 27.2 Å². The number of fused-ring (bicyclic) bond motifs is 1. The van der Waals surface area contributed by atoms with Crippen LogP contribution < -0.4 is 4.87 Å². The van der Waals surface area contributed by atoms with Crippen molar-refractivity contribution in [1.82, 2.24) is 4.98 Å². The van der Waals surface area contributed by atoms with E-state index >= 15 is 0 Å². The highest BCUT2D eigenvalue weighted by atomic mass is 32.1. The van der Waals surface area contributed by atoms with Gasteiger partial charge in [0, 0.05) is 0 Å². The average molecular weight is 223 g/mol. The van der Waals surface area contributed by atoms with E-state index < -0.39 is 0 Å². The molecule has 0 aliphatic rings. The third kappa shape index (κ3) is 3.88. The highest BCUT2D eigenvalue weighted by Crippen LogP contribution is 2.11. The fraction of sp³-hybridized carbons (Fsp3) is 0.417. The minimum absolute atomic E-state index is 0.0150. The Morgan fingerprint density at radius 1 is 1.33 bits per heavy atom. The topological polar surface area (TPSA) is 32.9 Å². The van der Waals surface area contributed by atoms with E-state index in [0.29, 0.717) is 0 Å². The molecule has 0 unspecified atom stereocenters. The third-order valence-corrected chi connectivity index (χ3v) is 3.01. The Morgan fingerprint density at radius 2 is 1.93 bits per heavy atom. The largest absolute Gasteiger partial charge is 0.312 e. The van der Waals surface area contributed by atoms with E-state index in [9.17, 15) is 4.79 Å². The lowest BCUT2D eigenvalue weighted by Gasteiger charge is -1.90. The monoisotopic (exact) mass is 223 g/mol. The summed E-state index contributed by atoms with van der Waals surface area (Å²) in [6, 6.07) is 7.65. The zero-order valence-electron chi connectivity index (χ0n) is 9.41. The Morgan fingerprint density at radius 3 is 2.47 bits per heavy atom. The van der Waals surface area contributed by atoms with Crippen LogP contribution in [0.4, 0.5) is 0 Å². The molecule has 0 aliphatic carbocycles. The fourth-order valence-corrected chi connectivity index (χ4v) is 1.63. The molecule has 82 valence electrons. The molecule has 0 saturated heterocycles. The predicted molar refractivity (Wildman–Crippen MR) is 67.6 cm³/mol. The molecule has 0 amide bonds. The molecule has 0 spiro atoms. The van der Waals surface area contributed by atoms with Crippen LogP contribution in [0.5, 0.6) is 0 Å². The van der Waals surface area contributed by atoms with Crippen LogP contribution in [0.2, 0.25) is 0 Å². The van der Waals surface area contributed by atoms with Crippen molar-refractivity contribution in [1.29, 1.82) is 0 Å². The second-order valence-electron chi connectivity index (χ2n) is 3.81. The molecule has 1 N–H and O–H groups in total. The maximum Gasteiger partial charge on any atom is 0.305 e. The SMILES string of the molecule is CCC(C)C.O=c1[nH]c2ccccc2s1. The molecule has 2 rings (SSSR count). The molecule has 3 heteroatoms. The lowest BCUT2D eigenvalue weighted by Crippen LogP contribution is -1.89. The van der Waals surface area contributed by atoms with Crippen LogP contribution >= 0.6 is 11.3 Å². The molecule has 0 saturated carbocycles. The summed E-state index contributed by atoms with van der Waals surface area (Å²) in [7, 11) is 0. The lowest BCUT2D eigenvalue weighted by molar-refractivity contribution is 0.626. The summed E-state index contributed by atoms with van der Waals surface area (Å²) in [5.41, 5.74) is 0.928. The van der Waals surface area contributed by atoms with E-state index in [1.807, 2.05) is 24.3 Å². The van der Waals surface area contributed by atoms with Crippen LogP contribution in [0, 0.1) is 5.92 Å². The molecule has 1 aromatic carbocycles. The number of H-pyrrole nitrogens is 1. The van der Waals surface area contributed by atoms with Gasteiger partial charge >= 0.3 is 4.87 Å². The second-order valence-corrected chi connectivity index (χ2v) is 4.83. The molecule has 15 heavy (non-hydrogen) atoms. The van der Waals surface area contributed by atoms with Gasteiger partial charge in [0.1, 0.15) is 0 Å². The first-order valence-electron chi connectivity index (χ1n) is 5.21. The van der Waals surface area contributed by atoms with E-state index in [1.54, 1.807) is 0 Å². The lowest BCUT2D eigenvalue weighted by atomic mass is 10.2. The normalized spacial score (nSPS) is 10.1. The van der Waals surface area contributed by atoms with E-state index in [-0.39, 0.29) is 4.87 Å². The van der Waals surface area contributed by atoms with E-state index in [0.717, 1.165) is 16.1 Å². The quantitative estimate of drug-likeness (QED) is 0.786. The highest BCUT2D eigenvalue weighted by molar-refractivity contribution is 7.16. The number of aromatic nitrogens is 1. The number of aromatic amines is 1. The average Bonchev–Trinajstić information content (AvgIpc) is 2.58. The van der Waals surface area contributed by atoms with Gasteiger partial charge in [0.15, 0.2) is 0 Å². The van der Waals surface area contributed by atoms with Crippen molar-refractivity contribution in [3.8, 4) is 0 Å². The van der Waals surface area contributed by atoms with Crippen LogP contribution in [0.25, 0.3) is 10.2 Å². The van der Waals surface area contributed by atoms with Crippen molar-refractivity contribution in [2.75, 3.05) is 0 Å². The van der Waals surface area contributed by atoms with Gasteiger partial charge in [-0.3, -0.25) is 4.79 Å². The molecule has 2 aromatic rings. The third-order valence-electron chi connectivity index (χ3n) is 2.14. The van der Waals surface area contributed by atoms with Crippen LogP contribution in [-0.2, 0) is 0 Å². The predicted octanol–water partition coefficient (Wildman–Crippen LogP) is 3.64. The summed E-state index contributed by atoms with van der Waals surface area (Å²) >= 11 is 1.24.